The number of ether oxygens (including phenoxy) is 1. The number of esters is 1. The van der Waals surface area contributed by atoms with Crippen LogP contribution in [0.5, 0.6) is 0 Å². The topological polar surface area (TPSA) is 84.6 Å². The quantitative estimate of drug-likeness (QED) is 0.562. The first-order chi connectivity index (χ1) is 8.11. The minimum Gasteiger partial charge on any atom is -0.459 e. The summed E-state index contributed by atoms with van der Waals surface area (Å²) >= 11 is 0. The highest BCUT2D eigenvalue weighted by molar-refractivity contribution is 6.59. The van der Waals surface area contributed by atoms with Crippen LogP contribution in [0.15, 0.2) is 0 Å². The van der Waals surface area contributed by atoms with Crippen LogP contribution in [-0.4, -0.2) is 38.5 Å². The van der Waals surface area contributed by atoms with E-state index in [0.717, 1.165) is 0 Å². The van der Waals surface area contributed by atoms with Gasteiger partial charge in [0.15, 0.2) is 0 Å². The highest BCUT2D eigenvalue weighted by Crippen LogP contribution is 2.08. The van der Waals surface area contributed by atoms with Crippen LogP contribution in [0.2, 0.25) is 0 Å². The fourth-order valence-corrected chi connectivity index (χ4v) is 1.73. The van der Waals surface area contributed by atoms with E-state index in [-0.39, 0.29) is 6.54 Å². The minimum absolute atomic E-state index is 0.0450. The molecule has 0 aromatic carbocycles. The van der Waals surface area contributed by atoms with Gasteiger partial charge in [0.05, 0.1) is 5.69 Å². The van der Waals surface area contributed by atoms with Gasteiger partial charge < -0.3 is 14.8 Å². The van der Waals surface area contributed by atoms with Crippen LogP contribution in [0.3, 0.4) is 0 Å². The zero-order valence-corrected chi connectivity index (χ0v) is 11.4. The van der Waals surface area contributed by atoms with Gasteiger partial charge in [-0.2, -0.15) is 5.10 Å². The van der Waals surface area contributed by atoms with E-state index in [0.29, 0.717) is 16.9 Å². The summed E-state index contributed by atoms with van der Waals surface area (Å²) in [6.45, 7) is 8.65. The van der Waals surface area contributed by atoms with Crippen LogP contribution < -0.4 is 5.46 Å². The van der Waals surface area contributed by atoms with Gasteiger partial charge >= 0.3 is 13.1 Å². The standard InChI is InChI=1S/C11H19BN2O4/c1-7-10(12(16)17)8(2)14(13-7)6-9(15)18-11(3,4)5/h16-17H,6H2,1-5H3. The number of aromatic nitrogens is 2. The van der Waals surface area contributed by atoms with Gasteiger partial charge in [0.2, 0.25) is 0 Å². The summed E-state index contributed by atoms with van der Waals surface area (Å²) in [5, 5.41) is 22.5. The van der Waals surface area contributed by atoms with Crippen molar-refractivity contribution in [1.82, 2.24) is 9.78 Å². The van der Waals surface area contributed by atoms with Gasteiger partial charge in [-0.1, -0.05) is 0 Å². The molecular formula is C11H19BN2O4. The summed E-state index contributed by atoms with van der Waals surface area (Å²) in [5.41, 5.74) is 0.824. The summed E-state index contributed by atoms with van der Waals surface area (Å²) in [7, 11) is -1.59. The Kier molecular flexibility index (Phi) is 4.18. The maximum atomic E-state index is 11.7. The van der Waals surface area contributed by atoms with Gasteiger partial charge in [0.1, 0.15) is 12.1 Å². The van der Waals surface area contributed by atoms with Crippen LogP contribution >= 0.6 is 0 Å². The number of carbonyl (C=O) groups is 1. The molecule has 0 aliphatic heterocycles. The molecule has 0 unspecified atom stereocenters. The lowest BCUT2D eigenvalue weighted by Gasteiger charge is -2.19. The lowest BCUT2D eigenvalue weighted by atomic mass is 9.78. The first kappa shape index (κ1) is 14.7. The summed E-state index contributed by atoms with van der Waals surface area (Å²) in [4.78, 5) is 11.7. The zero-order chi connectivity index (χ0) is 14.1. The van der Waals surface area contributed by atoms with Crippen molar-refractivity contribution in [1.29, 1.82) is 0 Å². The monoisotopic (exact) mass is 254 g/mol. The Balaban J connectivity index is 2.87. The Labute approximate surface area is 107 Å². The van der Waals surface area contributed by atoms with Crippen molar-refractivity contribution in [3.05, 3.63) is 11.4 Å². The average Bonchev–Trinajstić information content (AvgIpc) is 2.37. The largest absolute Gasteiger partial charge is 0.492 e. The molecule has 0 aliphatic rings. The molecule has 0 spiro atoms. The van der Waals surface area contributed by atoms with E-state index in [4.69, 9.17) is 4.74 Å². The van der Waals surface area contributed by atoms with E-state index in [2.05, 4.69) is 5.10 Å². The predicted octanol–water partition coefficient (Wildman–Crippen LogP) is -0.479. The molecule has 1 rings (SSSR count). The molecule has 7 heteroatoms. The Morgan fingerprint density at radius 1 is 1.39 bits per heavy atom. The molecule has 6 nitrogen and oxygen atoms in total. The third-order valence-electron chi connectivity index (χ3n) is 2.39. The van der Waals surface area contributed by atoms with E-state index in [9.17, 15) is 14.8 Å². The van der Waals surface area contributed by atoms with E-state index in [1.54, 1.807) is 34.6 Å². The molecule has 0 amide bonds. The molecule has 1 aromatic rings. The smallest absolute Gasteiger partial charge is 0.459 e. The van der Waals surface area contributed by atoms with Crippen LogP contribution in [0.4, 0.5) is 0 Å². The number of nitrogens with zero attached hydrogens (tertiary/aromatic N) is 2. The summed E-state index contributed by atoms with van der Waals surface area (Å²) in [6.07, 6.45) is 0. The van der Waals surface area contributed by atoms with Gasteiger partial charge in [0, 0.05) is 11.2 Å². The summed E-state index contributed by atoms with van der Waals surface area (Å²) < 4.78 is 6.60. The van der Waals surface area contributed by atoms with Gasteiger partial charge in [-0.05, 0) is 34.6 Å². The van der Waals surface area contributed by atoms with Crippen molar-refractivity contribution in [3.8, 4) is 0 Å². The number of hydrogen-bond donors (Lipinski definition) is 2. The maximum Gasteiger partial charge on any atom is 0.492 e. The van der Waals surface area contributed by atoms with Crippen molar-refractivity contribution < 1.29 is 19.6 Å². The normalized spacial score (nSPS) is 11.5. The molecule has 1 heterocycles. The molecular weight excluding hydrogens is 235 g/mol. The Morgan fingerprint density at radius 2 is 1.94 bits per heavy atom. The van der Waals surface area contributed by atoms with Crippen LogP contribution in [-0.2, 0) is 16.1 Å². The van der Waals surface area contributed by atoms with Gasteiger partial charge in [-0.15, -0.1) is 0 Å². The average molecular weight is 254 g/mol. The maximum absolute atomic E-state index is 11.7. The summed E-state index contributed by atoms with van der Waals surface area (Å²) in [6, 6.07) is 0. The molecule has 100 valence electrons. The number of carbonyl (C=O) groups excluding carboxylic acids is 1. The molecule has 0 radical (unpaired) electrons. The Hall–Kier alpha value is -1.34. The third kappa shape index (κ3) is 3.58. The van der Waals surface area contributed by atoms with E-state index >= 15 is 0 Å². The molecule has 0 saturated heterocycles. The Bertz CT molecular complexity index is 449. The van der Waals surface area contributed by atoms with E-state index in [1.165, 1.54) is 4.68 Å². The second-order valence-electron chi connectivity index (χ2n) is 5.20. The molecule has 1 aromatic heterocycles. The second kappa shape index (κ2) is 5.11. The Morgan fingerprint density at radius 3 is 2.33 bits per heavy atom. The predicted molar refractivity (Wildman–Crippen MR) is 67.4 cm³/mol. The van der Waals surface area contributed by atoms with E-state index in [1.807, 2.05) is 0 Å². The van der Waals surface area contributed by atoms with Gasteiger partial charge in [-0.3, -0.25) is 9.48 Å². The molecule has 0 atom stereocenters. The fraction of sp³-hybridized carbons (Fsp3) is 0.636. The zero-order valence-electron chi connectivity index (χ0n) is 11.4. The van der Waals surface area contributed by atoms with Crippen LogP contribution in [0, 0.1) is 13.8 Å². The highest BCUT2D eigenvalue weighted by atomic mass is 16.6. The third-order valence-corrected chi connectivity index (χ3v) is 2.39. The summed E-state index contributed by atoms with van der Waals surface area (Å²) in [5.74, 6) is -0.410. The molecule has 0 saturated carbocycles. The number of hydrogen-bond acceptors (Lipinski definition) is 5. The molecule has 18 heavy (non-hydrogen) atoms. The van der Waals surface area contributed by atoms with Crippen molar-refractivity contribution in [2.45, 2.75) is 46.8 Å². The second-order valence-corrected chi connectivity index (χ2v) is 5.20. The number of rotatable bonds is 3. The van der Waals surface area contributed by atoms with Crippen molar-refractivity contribution in [2.24, 2.45) is 0 Å². The van der Waals surface area contributed by atoms with Crippen LogP contribution in [0.1, 0.15) is 32.2 Å². The van der Waals surface area contributed by atoms with Crippen LogP contribution in [0.25, 0.3) is 0 Å². The van der Waals surface area contributed by atoms with Gasteiger partial charge in [-0.25, -0.2) is 0 Å². The van der Waals surface area contributed by atoms with Crippen molar-refractivity contribution >= 4 is 18.6 Å². The first-order valence-corrected chi connectivity index (χ1v) is 5.73. The van der Waals surface area contributed by atoms with E-state index < -0.39 is 18.7 Å². The first-order valence-electron chi connectivity index (χ1n) is 5.73. The minimum atomic E-state index is -1.59. The lowest BCUT2D eigenvalue weighted by molar-refractivity contribution is -0.155. The highest BCUT2D eigenvalue weighted by Gasteiger charge is 2.24. The van der Waals surface area contributed by atoms with Gasteiger partial charge in [0.25, 0.3) is 0 Å². The van der Waals surface area contributed by atoms with Crippen molar-refractivity contribution in [3.63, 3.8) is 0 Å². The fourth-order valence-electron chi connectivity index (χ4n) is 1.73. The molecule has 0 aliphatic carbocycles. The molecule has 0 fully saturated rings. The molecule has 0 bridgehead atoms. The van der Waals surface area contributed by atoms with Crippen molar-refractivity contribution in [2.75, 3.05) is 0 Å². The SMILES string of the molecule is Cc1nn(CC(=O)OC(C)(C)C)c(C)c1B(O)O. The lowest BCUT2D eigenvalue weighted by Crippen LogP contribution is -2.33. The number of aryl methyl sites for hydroxylation is 1. The molecule has 2 N–H and O–H groups in total.